The van der Waals surface area contributed by atoms with Gasteiger partial charge < -0.3 is 4.52 Å². The lowest BCUT2D eigenvalue weighted by Crippen LogP contribution is -2.17. The molecule has 0 bridgehead atoms. The number of benzene rings is 1. The maximum Gasteiger partial charge on any atom is 0.238 e. The van der Waals surface area contributed by atoms with Gasteiger partial charge in [0.1, 0.15) is 17.2 Å². The number of Topliss-reactive ketones (excluding diaryl/α,β-unsaturated/α-hetero) is 1. The second-order valence-corrected chi connectivity index (χ2v) is 6.11. The highest BCUT2D eigenvalue weighted by atomic mass is 32.2. The molecule has 0 radical (unpaired) electrons. The monoisotopic (exact) mass is 294 g/mol. The Kier molecular flexibility index (Phi) is 3.89. The van der Waals surface area contributed by atoms with Gasteiger partial charge in [0.15, 0.2) is 5.78 Å². The van der Waals surface area contributed by atoms with E-state index in [9.17, 15) is 13.2 Å². The molecule has 0 unspecified atom stereocenters. The van der Waals surface area contributed by atoms with E-state index in [0.717, 1.165) is 0 Å². The summed E-state index contributed by atoms with van der Waals surface area (Å²) in [6, 6.07) is 8.00. The van der Waals surface area contributed by atoms with Crippen molar-refractivity contribution in [2.45, 2.75) is 19.6 Å². The summed E-state index contributed by atoms with van der Waals surface area (Å²) in [6.07, 6.45) is 0. The number of aryl methyl sites for hydroxylation is 1. The lowest BCUT2D eigenvalue weighted by Gasteiger charge is -2.09. The second-order valence-electron chi connectivity index (χ2n) is 4.39. The average Bonchev–Trinajstić information content (AvgIpc) is 2.73. The fourth-order valence-corrected chi connectivity index (χ4v) is 2.87. The van der Waals surface area contributed by atoms with Crippen LogP contribution in [-0.2, 0) is 15.8 Å². The highest BCUT2D eigenvalue weighted by Gasteiger charge is 2.17. The highest BCUT2D eigenvalue weighted by Crippen LogP contribution is 2.18. The largest absolute Gasteiger partial charge is 0.361 e. The number of carbonyl (C=O) groups is 1. The third-order valence-corrected chi connectivity index (χ3v) is 3.79. The number of ketones is 1. The van der Waals surface area contributed by atoms with Gasteiger partial charge in [-0.2, -0.15) is 0 Å². The summed E-state index contributed by atoms with van der Waals surface area (Å²) in [5.74, 6) is 0.0243. The molecule has 0 spiro atoms. The van der Waals surface area contributed by atoms with Crippen molar-refractivity contribution >= 4 is 21.5 Å². The molecule has 2 rings (SSSR count). The van der Waals surface area contributed by atoms with Gasteiger partial charge in [0, 0.05) is 11.6 Å². The fourth-order valence-electron chi connectivity index (χ4n) is 1.76. The number of hydrogen-bond acceptors (Lipinski definition) is 5. The summed E-state index contributed by atoms with van der Waals surface area (Å²) in [5, 5.41) is 3.64. The van der Waals surface area contributed by atoms with Gasteiger partial charge in [-0.1, -0.05) is 17.3 Å². The fraction of sp³-hybridized carbons (Fsp3) is 0.231. The van der Waals surface area contributed by atoms with Gasteiger partial charge in [0.25, 0.3) is 0 Å². The molecule has 0 amide bonds. The zero-order valence-corrected chi connectivity index (χ0v) is 11.9. The van der Waals surface area contributed by atoms with Gasteiger partial charge >= 0.3 is 0 Å². The lowest BCUT2D eigenvalue weighted by molar-refractivity contribution is 0.101. The molecule has 20 heavy (non-hydrogen) atoms. The highest BCUT2D eigenvalue weighted by molar-refractivity contribution is 7.91. The number of para-hydroxylation sites is 1. The Hall–Kier alpha value is -2.15. The Morgan fingerprint density at radius 2 is 2.05 bits per heavy atom. The molecule has 0 fully saturated rings. The van der Waals surface area contributed by atoms with Crippen LogP contribution < -0.4 is 4.72 Å². The molecule has 1 N–H and O–H groups in total. The van der Waals surface area contributed by atoms with Gasteiger partial charge in [-0.25, -0.2) is 8.42 Å². The van der Waals surface area contributed by atoms with E-state index in [1.165, 1.54) is 6.92 Å². The third-order valence-electron chi connectivity index (χ3n) is 2.59. The van der Waals surface area contributed by atoms with Crippen LogP contribution >= 0.6 is 0 Å². The SMILES string of the molecule is CC(=O)c1ccccc1NS(=O)(=O)Cc1cc(C)on1. The molecule has 6 nitrogen and oxygen atoms in total. The molecular formula is C13H14N2O4S. The molecule has 2 aromatic rings. The minimum absolute atomic E-state index is 0.208. The topological polar surface area (TPSA) is 89.3 Å². The van der Waals surface area contributed by atoms with E-state index < -0.39 is 10.0 Å². The minimum Gasteiger partial charge on any atom is -0.361 e. The number of anilines is 1. The molecule has 0 aliphatic rings. The van der Waals surface area contributed by atoms with E-state index in [2.05, 4.69) is 9.88 Å². The van der Waals surface area contributed by atoms with Gasteiger partial charge in [0.2, 0.25) is 10.0 Å². The van der Waals surface area contributed by atoms with Crippen LogP contribution in [0.5, 0.6) is 0 Å². The van der Waals surface area contributed by atoms with Crippen molar-refractivity contribution in [2.75, 3.05) is 4.72 Å². The number of rotatable bonds is 5. The smallest absolute Gasteiger partial charge is 0.238 e. The van der Waals surface area contributed by atoms with Crippen LogP contribution in [0.15, 0.2) is 34.9 Å². The van der Waals surface area contributed by atoms with Crippen molar-refractivity contribution in [3.05, 3.63) is 47.3 Å². The zero-order chi connectivity index (χ0) is 14.8. The molecule has 0 saturated heterocycles. The van der Waals surface area contributed by atoms with Crippen LogP contribution in [0.4, 0.5) is 5.69 Å². The number of hydrogen-bond donors (Lipinski definition) is 1. The van der Waals surface area contributed by atoms with Gasteiger partial charge in [0.05, 0.1) is 5.69 Å². The molecule has 7 heteroatoms. The summed E-state index contributed by atoms with van der Waals surface area (Å²) in [6.45, 7) is 3.07. The van der Waals surface area contributed by atoms with Gasteiger partial charge in [-0.05, 0) is 26.0 Å². The summed E-state index contributed by atoms with van der Waals surface area (Å²) in [5.41, 5.74) is 0.905. The van der Waals surface area contributed by atoms with E-state index in [1.807, 2.05) is 0 Å². The number of carbonyl (C=O) groups excluding carboxylic acids is 1. The van der Waals surface area contributed by atoms with Crippen LogP contribution in [0, 0.1) is 6.92 Å². The first-order valence-electron chi connectivity index (χ1n) is 5.90. The molecule has 1 aromatic carbocycles. The molecule has 0 aliphatic heterocycles. The Morgan fingerprint density at radius 3 is 2.65 bits per heavy atom. The quantitative estimate of drug-likeness (QED) is 0.853. The maximum atomic E-state index is 12.0. The van der Waals surface area contributed by atoms with Gasteiger partial charge in [-0.3, -0.25) is 9.52 Å². The minimum atomic E-state index is -3.66. The maximum absolute atomic E-state index is 12.0. The Labute approximate surface area is 116 Å². The van der Waals surface area contributed by atoms with E-state index in [4.69, 9.17) is 4.52 Å². The second kappa shape index (κ2) is 5.46. The molecular weight excluding hydrogens is 280 g/mol. The molecule has 0 atom stereocenters. The van der Waals surface area contributed by atoms with Crippen molar-refractivity contribution in [1.29, 1.82) is 0 Å². The standard InChI is InChI=1S/C13H14N2O4S/c1-9-7-11(14-19-9)8-20(17,18)15-13-6-4-3-5-12(13)10(2)16/h3-7,15H,8H2,1-2H3. The van der Waals surface area contributed by atoms with Crippen LogP contribution in [0.1, 0.15) is 28.7 Å². The summed E-state index contributed by atoms with van der Waals surface area (Å²) in [7, 11) is -3.66. The average molecular weight is 294 g/mol. The Bertz CT molecular complexity index is 734. The van der Waals surface area contributed by atoms with Crippen LogP contribution in [0.25, 0.3) is 0 Å². The lowest BCUT2D eigenvalue weighted by atomic mass is 10.1. The van der Waals surface area contributed by atoms with E-state index in [1.54, 1.807) is 37.3 Å². The summed E-state index contributed by atoms with van der Waals surface area (Å²) in [4.78, 5) is 11.5. The van der Waals surface area contributed by atoms with Crippen molar-refractivity contribution in [2.24, 2.45) is 0 Å². The predicted molar refractivity (Wildman–Crippen MR) is 73.9 cm³/mol. The predicted octanol–water partition coefficient (Wildman–Crippen LogP) is 2.13. The molecule has 0 aliphatic carbocycles. The zero-order valence-electron chi connectivity index (χ0n) is 11.1. The van der Waals surface area contributed by atoms with Crippen molar-refractivity contribution in [3.63, 3.8) is 0 Å². The Morgan fingerprint density at radius 1 is 1.35 bits per heavy atom. The van der Waals surface area contributed by atoms with Crippen molar-refractivity contribution < 1.29 is 17.7 Å². The number of sulfonamides is 1. The van der Waals surface area contributed by atoms with E-state index in [0.29, 0.717) is 17.0 Å². The van der Waals surface area contributed by atoms with Gasteiger partial charge in [-0.15, -0.1) is 0 Å². The van der Waals surface area contributed by atoms with Crippen LogP contribution in [-0.4, -0.2) is 19.4 Å². The Balaban J connectivity index is 2.22. The summed E-state index contributed by atoms with van der Waals surface area (Å²) >= 11 is 0. The van der Waals surface area contributed by atoms with Crippen LogP contribution in [0.2, 0.25) is 0 Å². The first-order valence-corrected chi connectivity index (χ1v) is 7.55. The van der Waals surface area contributed by atoms with Crippen molar-refractivity contribution in [3.8, 4) is 0 Å². The first-order chi connectivity index (χ1) is 9.37. The normalized spacial score (nSPS) is 11.3. The molecule has 1 heterocycles. The summed E-state index contributed by atoms with van der Waals surface area (Å²) < 4.78 is 31.3. The number of aromatic nitrogens is 1. The first kappa shape index (κ1) is 14.3. The van der Waals surface area contributed by atoms with Crippen LogP contribution in [0.3, 0.4) is 0 Å². The van der Waals surface area contributed by atoms with Crippen molar-refractivity contribution in [1.82, 2.24) is 5.16 Å². The molecule has 1 aromatic heterocycles. The third kappa shape index (κ3) is 3.45. The van der Waals surface area contributed by atoms with E-state index >= 15 is 0 Å². The number of nitrogens with one attached hydrogen (secondary N) is 1. The number of nitrogens with zero attached hydrogens (tertiary/aromatic N) is 1. The molecule has 0 saturated carbocycles. The van der Waals surface area contributed by atoms with E-state index in [-0.39, 0.29) is 17.2 Å². The molecule has 106 valence electrons.